The van der Waals surface area contributed by atoms with E-state index in [1.165, 1.54) is 0 Å². The molecule has 0 radical (unpaired) electrons. The van der Waals surface area contributed by atoms with Gasteiger partial charge < -0.3 is 10.6 Å². The van der Waals surface area contributed by atoms with Gasteiger partial charge in [-0.2, -0.15) is 9.94 Å². The predicted octanol–water partition coefficient (Wildman–Crippen LogP) is 1.45. The summed E-state index contributed by atoms with van der Waals surface area (Å²) in [5.41, 5.74) is 1.27. The van der Waals surface area contributed by atoms with E-state index in [0.29, 0.717) is 30.5 Å². The fraction of sp³-hybridized carbons (Fsp3) is 0.133. The number of para-hydroxylation sites is 1. The van der Waals surface area contributed by atoms with Crippen molar-refractivity contribution in [3.8, 4) is 11.8 Å². The summed E-state index contributed by atoms with van der Waals surface area (Å²) < 4.78 is 1.63. The SMILES string of the molecule is N#Cc1cccc(NCCNc2nnnn2-c2ccccc2)n1. The molecule has 0 unspecified atom stereocenters. The Balaban J connectivity index is 1.56. The molecule has 23 heavy (non-hydrogen) atoms. The standard InChI is InChI=1S/C15H14N8/c16-11-12-5-4-8-14(19-12)17-9-10-18-15-20-21-22-23(15)13-6-2-1-3-7-13/h1-8H,9-10H2,(H,17,19)(H,18,20,22). The first-order valence-electron chi connectivity index (χ1n) is 7.05. The first-order valence-corrected chi connectivity index (χ1v) is 7.05. The van der Waals surface area contributed by atoms with Crippen LogP contribution in [-0.4, -0.2) is 38.3 Å². The van der Waals surface area contributed by atoms with Crippen molar-refractivity contribution in [2.75, 3.05) is 23.7 Å². The Morgan fingerprint density at radius 1 is 1.00 bits per heavy atom. The molecule has 0 saturated heterocycles. The van der Waals surface area contributed by atoms with Crippen LogP contribution >= 0.6 is 0 Å². The molecule has 3 aromatic rings. The first kappa shape index (κ1) is 14.5. The highest BCUT2D eigenvalue weighted by Crippen LogP contribution is 2.10. The summed E-state index contributed by atoms with van der Waals surface area (Å²) in [6, 6.07) is 16.9. The van der Waals surface area contributed by atoms with Crippen molar-refractivity contribution in [1.82, 2.24) is 25.2 Å². The molecule has 114 valence electrons. The van der Waals surface area contributed by atoms with E-state index in [-0.39, 0.29) is 0 Å². The molecular formula is C15H14N8. The minimum Gasteiger partial charge on any atom is -0.368 e. The second-order valence-corrected chi connectivity index (χ2v) is 4.62. The first-order chi connectivity index (χ1) is 11.4. The molecule has 8 nitrogen and oxygen atoms in total. The van der Waals surface area contributed by atoms with Crippen LogP contribution in [0.15, 0.2) is 48.5 Å². The quantitative estimate of drug-likeness (QED) is 0.664. The number of nitrogens with one attached hydrogen (secondary N) is 2. The van der Waals surface area contributed by atoms with Gasteiger partial charge in [-0.05, 0) is 34.7 Å². The number of rotatable bonds is 6. The van der Waals surface area contributed by atoms with E-state index in [1.807, 2.05) is 42.5 Å². The lowest BCUT2D eigenvalue weighted by Crippen LogP contribution is -2.17. The molecule has 0 aliphatic carbocycles. The van der Waals surface area contributed by atoms with Crippen molar-refractivity contribution >= 4 is 11.8 Å². The molecule has 0 bridgehead atoms. The number of tetrazole rings is 1. The maximum Gasteiger partial charge on any atom is 0.247 e. The number of nitrogens with zero attached hydrogens (tertiary/aromatic N) is 6. The molecule has 3 rings (SSSR count). The second kappa shape index (κ2) is 7.00. The van der Waals surface area contributed by atoms with E-state index in [1.54, 1.807) is 16.8 Å². The average Bonchev–Trinajstić information content (AvgIpc) is 3.08. The van der Waals surface area contributed by atoms with Crippen LogP contribution in [0.2, 0.25) is 0 Å². The van der Waals surface area contributed by atoms with E-state index in [0.717, 1.165) is 5.69 Å². The van der Waals surface area contributed by atoms with E-state index >= 15 is 0 Å². The third-order valence-electron chi connectivity index (χ3n) is 3.05. The lowest BCUT2D eigenvalue weighted by molar-refractivity contribution is 0.789. The van der Waals surface area contributed by atoms with E-state index in [4.69, 9.17) is 5.26 Å². The Kier molecular flexibility index (Phi) is 4.40. The summed E-state index contributed by atoms with van der Waals surface area (Å²) in [6.07, 6.45) is 0. The molecule has 1 aromatic carbocycles. The highest BCUT2D eigenvalue weighted by atomic mass is 15.6. The fourth-order valence-electron chi connectivity index (χ4n) is 2.00. The summed E-state index contributed by atoms with van der Waals surface area (Å²) in [5.74, 6) is 1.23. The number of aromatic nitrogens is 5. The highest BCUT2D eigenvalue weighted by molar-refractivity contribution is 5.40. The van der Waals surface area contributed by atoms with Crippen molar-refractivity contribution in [3.63, 3.8) is 0 Å². The lowest BCUT2D eigenvalue weighted by Gasteiger charge is -2.08. The van der Waals surface area contributed by atoms with Crippen molar-refractivity contribution in [1.29, 1.82) is 5.26 Å². The number of hydrogen-bond acceptors (Lipinski definition) is 7. The summed E-state index contributed by atoms with van der Waals surface area (Å²) in [6.45, 7) is 1.22. The van der Waals surface area contributed by atoms with Crippen LogP contribution in [0, 0.1) is 11.3 Å². The van der Waals surface area contributed by atoms with Gasteiger partial charge in [-0.15, -0.1) is 0 Å². The molecule has 0 spiro atoms. The van der Waals surface area contributed by atoms with Gasteiger partial charge in [0.25, 0.3) is 0 Å². The Bertz CT molecular complexity index is 806. The minimum absolute atomic E-state index is 0.385. The molecule has 2 aromatic heterocycles. The zero-order valence-electron chi connectivity index (χ0n) is 12.2. The average molecular weight is 306 g/mol. The molecule has 0 amide bonds. The third kappa shape index (κ3) is 3.59. The highest BCUT2D eigenvalue weighted by Gasteiger charge is 2.06. The molecule has 2 N–H and O–H groups in total. The molecular weight excluding hydrogens is 292 g/mol. The van der Waals surface area contributed by atoms with Crippen molar-refractivity contribution in [2.24, 2.45) is 0 Å². The third-order valence-corrected chi connectivity index (χ3v) is 3.05. The van der Waals surface area contributed by atoms with E-state index in [2.05, 4.69) is 31.1 Å². The van der Waals surface area contributed by atoms with Crippen LogP contribution in [0.4, 0.5) is 11.8 Å². The molecule has 0 fully saturated rings. The topological polar surface area (TPSA) is 104 Å². The number of anilines is 2. The maximum atomic E-state index is 8.82. The summed E-state index contributed by atoms with van der Waals surface area (Å²) in [7, 11) is 0. The molecule has 0 saturated carbocycles. The Hall–Kier alpha value is -3.47. The van der Waals surface area contributed by atoms with Gasteiger partial charge >= 0.3 is 0 Å². The van der Waals surface area contributed by atoms with Crippen molar-refractivity contribution in [2.45, 2.75) is 0 Å². The monoisotopic (exact) mass is 306 g/mol. The number of pyridine rings is 1. The second-order valence-electron chi connectivity index (χ2n) is 4.62. The van der Waals surface area contributed by atoms with Gasteiger partial charge in [0.2, 0.25) is 5.95 Å². The Morgan fingerprint density at radius 3 is 2.65 bits per heavy atom. The minimum atomic E-state index is 0.385. The largest absolute Gasteiger partial charge is 0.368 e. The molecule has 2 heterocycles. The number of benzene rings is 1. The molecule has 0 atom stereocenters. The summed E-state index contributed by atoms with van der Waals surface area (Å²) in [4.78, 5) is 4.15. The molecule has 8 heteroatoms. The zero-order chi connectivity index (χ0) is 15.9. The van der Waals surface area contributed by atoms with Crippen LogP contribution in [0.5, 0.6) is 0 Å². The van der Waals surface area contributed by atoms with Gasteiger partial charge in [-0.3, -0.25) is 0 Å². The molecule has 0 aliphatic rings. The number of hydrogen-bond donors (Lipinski definition) is 2. The lowest BCUT2D eigenvalue weighted by atomic mass is 10.3. The Labute approximate surface area is 132 Å². The Morgan fingerprint density at radius 2 is 1.83 bits per heavy atom. The van der Waals surface area contributed by atoms with Crippen molar-refractivity contribution in [3.05, 3.63) is 54.2 Å². The fourth-order valence-corrected chi connectivity index (χ4v) is 2.00. The van der Waals surface area contributed by atoms with Gasteiger partial charge in [0.1, 0.15) is 17.6 Å². The normalized spacial score (nSPS) is 10.0. The van der Waals surface area contributed by atoms with Crippen LogP contribution in [-0.2, 0) is 0 Å². The van der Waals surface area contributed by atoms with Crippen LogP contribution in [0.25, 0.3) is 5.69 Å². The predicted molar refractivity (Wildman–Crippen MR) is 85.1 cm³/mol. The van der Waals surface area contributed by atoms with Gasteiger partial charge in [-0.1, -0.05) is 29.4 Å². The van der Waals surface area contributed by atoms with Gasteiger partial charge in [0.15, 0.2) is 0 Å². The van der Waals surface area contributed by atoms with Crippen LogP contribution in [0.3, 0.4) is 0 Å². The number of nitriles is 1. The zero-order valence-corrected chi connectivity index (χ0v) is 12.2. The maximum absolute atomic E-state index is 8.82. The van der Waals surface area contributed by atoms with Crippen LogP contribution < -0.4 is 10.6 Å². The summed E-state index contributed by atoms with van der Waals surface area (Å²) in [5, 5.41) is 26.7. The van der Waals surface area contributed by atoms with E-state index in [9.17, 15) is 0 Å². The molecule has 0 aliphatic heterocycles. The van der Waals surface area contributed by atoms with Gasteiger partial charge in [0, 0.05) is 13.1 Å². The van der Waals surface area contributed by atoms with Gasteiger partial charge in [-0.25, -0.2) is 4.98 Å². The smallest absolute Gasteiger partial charge is 0.247 e. The van der Waals surface area contributed by atoms with Gasteiger partial charge in [0.05, 0.1) is 5.69 Å². The van der Waals surface area contributed by atoms with Crippen LogP contribution in [0.1, 0.15) is 5.69 Å². The van der Waals surface area contributed by atoms with Crippen molar-refractivity contribution < 1.29 is 0 Å². The van der Waals surface area contributed by atoms with E-state index < -0.39 is 0 Å². The summed E-state index contributed by atoms with van der Waals surface area (Å²) >= 11 is 0.